The molecular weight excluding hydrogens is 310 g/mol. The maximum atomic E-state index is 12.2. The molecule has 0 aliphatic rings. The molecule has 2 N–H and O–H groups in total. The highest BCUT2D eigenvalue weighted by Gasteiger charge is 2.19. The second kappa shape index (κ2) is 6.48. The minimum absolute atomic E-state index is 0.0279. The van der Waals surface area contributed by atoms with Gasteiger partial charge in [0.1, 0.15) is 11.5 Å². The molecule has 116 valence electrons. The summed E-state index contributed by atoms with van der Waals surface area (Å²) in [4.78, 5) is 25.2. The van der Waals surface area contributed by atoms with Crippen molar-refractivity contribution in [2.45, 2.75) is 6.92 Å². The smallest absolute Gasteiger partial charge is 0.257 e. The van der Waals surface area contributed by atoms with Gasteiger partial charge in [-0.2, -0.15) is 0 Å². The van der Waals surface area contributed by atoms with Gasteiger partial charge < -0.3 is 19.8 Å². The third-order valence-electron chi connectivity index (χ3n) is 2.81. The summed E-state index contributed by atoms with van der Waals surface area (Å²) in [6, 6.07) is 5.69. The molecule has 0 aliphatic carbocycles. The van der Waals surface area contributed by atoms with Crippen LogP contribution in [0, 0.1) is 6.92 Å². The molecule has 0 saturated carbocycles. The molecule has 1 heterocycles. The fraction of sp³-hybridized carbons (Fsp3) is 0.214. The summed E-state index contributed by atoms with van der Waals surface area (Å²) in [5.74, 6) is -0.330. The Labute approximate surface area is 131 Å². The molecule has 2 rings (SSSR count). The van der Waals surface area contributed by atoms with Crippen molar-refractivity contribution in [1.82, 2.24) is 10.1 Å². The fourth-order valence-electron chi connectivity index (χ4n) is 1.78. The Kier molecular flexibility index (Phi) is 4.67. The van der Waals surface area contributed by atoms with Crippen LogP contribution in [-0.2, 0) is 4.79 Å². The molecule has 0 radical (unpaired) electrons. The van der Waals surface area contributed by atoms with Gasteiger partial charge in [-0.15, -0.1) is 0 Å². The summed E-state index contributed by atoms with van der Waals surface area (Å²) in [6.45, 7) is 1.48. The van der Waals surface area contributed by atoms with E-state index >= 15 is 0 Å². The predicted molar refractivity (Wildman–Crippen MR) is 79.9 cm³/mol. The first kappa shape index (κ1) is 15.8. The van der Waals surface area contributed by atoms with E-state index in [0.717, 1.165) is 4.90 Å². The first-order valence-corrected chi connectivity index (χ1v) is 6.72. The molecule has 0 aliphatic heterocycles. The summed E-state index contributed by atoms with van der Waals surface area (Å²) in [6.07, 6.45) is 0. The number of carbonyl (C=O) groups is 2. The SMILES string of the molecule is Cc1cc(NC(=O)CN(C)C(=O)c2cc(Cl)ccc2O)no1. The molecule has 0 fully saturated rings. The van der Waals surface area contributed by atoms with Gasteiger partial charge in [-0.25, -0.2) is 0 Å². The first-order valence-electron chi connectivity index (χ1n) is 6.34. The zero-order valence-corrected chi connectivity index (χ0v) is 12.7. The number of hydrogen-bond acceptors (Lipinski definition) is 5. The van der Waals surface area contributed by atoms with Gasteiger partial charge in [-0.1, -0.05) is 16.8 Å². The van der Waals surface area contributed by atoms with Gasteiger partial charge in [0.2, 0.25) is 5.91 Å². The van der Waals surface area contributed by atoms with Gasteiger partial charge in [0.15, 0.2) is 5.82 Å². The highest BCUT2D eigenvalue weighted by Crippen LogP contribution is 2.22. The molecule has 22 heavy (non-hydrogen) atoms. The number of aromatic hydroxyl groups is 1. The van der Waals surface area contributed by atoms with Crippen LogP contribution in [-0.4, -0.2) is 40.6 Å². The number of aryl methyl sites for hydroxylation is 1. The molecule has 0 spiro atoms. The summed E-state index contributed by atoms with van der Waals surface area (Å²) in [5, 5.41) is 16.1. The van der Waals surface area contributed by atoms with Crippen LogP contribution in [0.1, 0.15) is 16.1 Å². The molecule has 0 atom stereocenters. The van der Waals surface area contributed by atoms with Crippen molar-refractivity contribution < 1.29 is 19.2 Å². The number of amides is 2. The van der Waals surface area contributed by atoms with E-state index in [9.17, 15) is 14.7 Å². The Bertz CT molecular complexity index is 714. The van der Waals surface area contributed by atoms with Crippen LogP contribution >= 0.6 is 11.6 Å². The van der Waals surface area contributed by atoms with Gasteiger partial charge in [0.25, 0.3) is 5.91 Å². The van der Waals surface area contributed by atoms with Gasteiger partial charge in [0, 0.05) is 18.1 Å². The number of anilines is 1. The van der Waals surface area contributed by atoms with Crippen molar-refractivity contribution in [2.75, 3.05) is 18.9 Å². The van der Waals surface area contributed by atoms with Crippen molar-refractivity contribution in [3.63, 3.8) is 0 Å². The lowest BCUT2D eigenvalue weighted by atomic mass is 10.2. The van der Waals surface area contributed by atoms with Gasteiger partial charge in [-0.3, -0.25) is 9.59 Å². The van der Waals surface area contributed by atoms with E-state index in [2.05, 4.69) is 10.5 Å². The molecule has 0 saturated heterocycles. The number of nitrogens with zero attached hydrogens (tertiary/aromatic N) is 2. The number of phenolic OH excluding ortho intramolecular Hbond substituents is 1. The average molecular weight is 324 g/mol. The summed E-state index contributed by atoms with van der Waals surface area (Å²) in [5.41, 5.74) is 0.0279. The van der Waals surface area contributed by atoms with Crippen molar-refractivity contribution in [2.24, 2.45) is 0 Å². The van der Waals surface area contributed by atoms with Crippen molar-refractivity contribution in [3.05, 3.63) is 40.6 Å². The van der Waals surface area contributed by atoms with Gasteiger partial charge in [-0.05, 0) is 25.1 Å². The second-order valence-electron chi connectivity index (χ2n) is 4.69. The number of aromatic nitrogens is 1. The van der Waals surface area contributed by atoms with Crippen molar-refractivity contribution >= 4 is 29.2 Å². The molecule has 7 nitrogen and oxygen atoms in total. The van der Waals surface area contributed by atoms with Crippen molar-refractivity contribution in [3.8, 4) is 5.75 Å². The fourth-order valence-corrected chi connectivity index (χ4v) is 1.95. The largest absolute Gasteiger partial charge is 0.507 e. The van der Waals surface area contributed by atoms with E-state index < -0.39 is 11.8 Å². The minimum atomic E-state index is -0.522. The lowest BCUT2D eigenvalue weighted by Gasteiger charge is -2.17. The number of likely N-dealkylation sites (N-methyl/N-ethyl adjacent to an activating group) is 1. The molecule has 1 aromatic heterocycles. The summed E-state index contributed by atoms with van der Waals surface area (Å²) >= 11 is 5.80. The highest BCUT2D eigenvalue weighted by molar-refractivity contribution is 6.31. The van der Waals surface area contributed by atoms with E-state index in [1.807, 2.05) is 0 Å². The number of benzene rings is 1. The van der Waals surface area contributed by atoms with E-state index in [1.54, 1.807) is 13.0 Å². The number of halogens is 1. The van der Waals surface area contributed by atoms with Gasteiger partial charge >= 0.3 is 0 Å². The van der Waals surface area contributed by atoms with Crippen LogP contribution in [0.2, 0.25) is 5.02 Å². The van der Waals surface area contributed by atoms with Crippen LogP contribution in [0.25, 0.3) is 0 Å². The molecule has 2 aromatic rings. The molecule has 0 bridgehead atoms. The third-order valence-corrected chi connectivity index (χ3v) is 3.05. The normalized spacial score (nSPS) is 10.3. The number of nitrogens with one attached hydrogen (secondary N) is 1. The lowest BCUT2D eigenvalue weighted by molar-refractivity contribution is -0.116. The Hall–Kier alpha value is -2.54. The number of phenols is 1. The molecule has 1 aromatic carbocycles. The Morgan fingerprint density at radius 3 is 2.77 bits per heavy atom. The monoisotopic (exact) mass is 323 g/mol. The number of rotatable bonds is 4. The summed E-state index contributed by atoms with van der Waals surface area (Å²) < 4.78 is 4.82. The van der Waals surface area contributed by atoms with E-state index in [4.69, 9.17) is 16.1 Å². The Morgan fingerprint density at radius 2 is 2.14 bits per heavy atom. The minimum Gasteiger partial charge on any atom is -0.507 e. The van der Waals surface area contributed by atoms with E-state index in [0.29, 0.717) is 10.8 Å². The van der Waals surface area contributed by atoms with E-state index in [-0.39, 0.29) is 23.7 Å². The molecule has 2 amide bonds. The quantitative estimate of drug-likeness (QED) is 0.897. The predicted octanol–water partition coefficient (Wildman–Crippen LogP) is 2.05. The highest BCUT2D eigenvalue weighted by atomic mass is 35.5. The molecular formula is C14H14ClN3O4. The van der Waals surface area contributed by atoms with Crippen LogP contribution in [0.3, 0.4) is 0 Å². The first-order chi connectivity index (χ1) is 10.4. The zero-order valence-electron chi connectivity index (χ0n) is 12.0. The molecule has 8 heteroatoms. The average Bonchev–Trinajstić information content (AvgIpc) is 2.85. The topological polar surface area (TPSA) is 95.7 Å². The zero-order chi connectivity index (χ0) is 16.3. The van der Waals surface area contributed by atoms with Crippen molar-refractivity contribution in [1.29, 1.82) is 0 Å². The Morgan fingerprint density at radius 1 is 1.41 bits per heavy atom. The number of hydrogen-bond donors (Lipinski definition) is 2. The van der Waals surface area contributed by atoms with E-state index in [1.165, 1.54) is 25.2 Å². The third kappa shape index (κ3) is 3.76. The molecule has 0 unspecified atom stereocenters. The standard InChI is InChI=1S/C14H14ClN3O4/c1-8-5-12(17-22-8)16-13(20)7-18(2)14(21)10-6-9(15)3-4-11(10)19/h3-6,19H,7H2,1-2H3,(H,16,17,20). The van der Waals surface area contributed by atoms with Gasteiger partial charge in [0.05, 0.1) is 12.1 Å². The summed E-state index contributed by atoms with van der Waals surface area (Å²) in [7, 11) is 1.44. The van der Waals surface area contributed by atoms with Crippen LogP contribution in [0.15, 0.2) is 28.8 Å². The Balaban J connectivity index is 2.01. The lowest BCUT2D eigenvalue weighted by Crippen LogP contribution is -2.35. The number of carbonyl (C=O) groups excluding carboxylic acids is 2. The van der Waals surface area contributed by atoms with Crippen LogP contribution in [0.5, 0.6) is 5.75 Å². The second-order valence-corrected chi connectivity index (χ2v) is 5.13. The van der Waals surface area contributed by atoms with Crippen LogP contribution < -0.4 is 5.32 Å². The maximum absolute atomic E-state index is 12.2. The van der Waals surface area contributed by atoms with Crippen LogP contribution in [0.4, 0.5) is 5.82 Å². The maximum Gasteiger partial charge on any atom is 0.257 e.